The Kier molecular flexibility index (Phi) is 6.56. The van der Waals surface area contributed by atoms with Crippen molar-refractivity contribution >= 4 is 42.5 Å². The quantitative estimate of drug-likeness (QED) is 0.259. The van der Waals surface area contributed by atoms with Gasteiger partial charge in [-0.2, -0.15) is 12.6 Å². The number of hydrogen-bond acceptors (Lipinski definition) is 3. The first kappa shape index (κ1) is 14.4. The predicted molar refractivity (Wildman–Crippen MR) is 68.5 cm³/mol. The van der Waals surface area contributed by atoms with Gasteiger partial charge in [-0.05, 0) is 23.3 Å². The maximum atomic E-state index is 8.44. The van der Waals surface area contributed by atoms with Crippen LogP contribution in [0.3, 0.4) is 0 Å². The maximum Gasteiger partial charge on any atom is 0.143 e. The lowest BCUT2D eigenvalue weighted by Gasteiger charge is -2.06. The highest BCUT2D eigenvalue weighted by Gasteiger charge is 2.04. The Balaban J connectivity index is 0.00000196. The van der Waals surface area contributed by atoms with Crippen molar-refractivity contribution < 1.29 is 5.21 Å². The topological polar surface area (TPSA) is 58.6 Å². The first-order valence-electron chi connectivity index (χ1n) is 4.02. The molecule has 0 radical (unpaired) electrons. The minimum absolute atomic E-state index is 0. The standard InChI is InChI=1S/C9H11ClN2OS.ClH/c10-8-2-1-6(5-14)7(3-8)4-9(11)12-13;/h1-3,13-14H,4-5H2,(H2,11,12);1H. The Morgan fingerprint density at radius 2 is 2.13 bits per heavy atom. The second-order valence-electron chi connectivity index (χ2n) is 2.84. The predicted octanol–water partition coefficient (Wildman–Crippen LogP) is 2.48. The number of oxime groups is 1. The third kappa shape index (κ3) is 4.20. The van der Waals surface area contributed by atoms with Gasteiger partial charge in [-0.3, -0.25) is 0 Å². The van der Waals surface area contributed by atoms with Crippen LogP contribution in [0.1, 0.15) is 11.1 Å². The summed E-state index contributed by atoms with van der Waals surface area (Å²) in [5.41, 5.74) is 7.38. The number of halogens is 2. The lowest BCUT2D eigenvalue weighted by Crippen LogP contribution is -2.15. The zero-order chi connectivity index (χ0) is 10.6. The van der Waals surface area contributed by atoms with E-state index >= 15 is 0 Å². The van der Waals surface area contributed by atoms with Gasteiger partial charge in [-0.15, -0.1) is 12.4 Å². The second kappa shape index (κ2) is 6.82. The van der Waals surface area contributed by atoms with E-state index in [1.54, 1.807) is 12.1 Å². The molecule has 0 aliphatic rings. The zero-order valence-corrected chi connectivity index (χ0v) is 10.3. The van der Waals surface area contributed by atoms with Crippen molar-refractivity contribution in [3.05, 3.63) is 34.3 Å². The van der Waals surface area contributed by atoms with Crippen molar-refractivity contribution in [2.75, 3.05) is 0 Å². The van der Waals surface area contributed by atoms with E-state index in [-0.39, 0.29) is 18.2 Å². The summed E-state index contributed by atoms with van der Waals surface area (Å²) in [6, 6.07) is 5.48. The molecule has 1 aromatic rings. The fourth-order valence-electron chi connectivity index (χ4n) is 1.14. The molecule has 0 heterocycles. The summed E-state index contributed by atoms with van der Waals surface area (Å²) in [5.74, 6) is 0.765. The number of benzene rings is 1. The van der Waals surface area contributed by atoms with Gasteiger partial charge < -0.3 is 10.9 Å². The summed E-state index contributed by atoms with van der Waals surface area (Å²) in [6.07, 6.45) is 0.382. The molecule has 1 aromatic carbocycles. The summed E-state index contributed by atoms with van der Waals surface area (Å²) in [7, 11) is 0. The van der Waals surface area contributed by atoms with Crippen LogP contribution in [0.2, 0.25) is 5.02 Å². The summed E-state index contributed by atoms with van der Waals surface area (Å²) < 4.78 is 0. The van der Waals surface area contributed by atoms with E-state index in [1.165, 1.54) is 0 Å². The van der Waals surface area contributed by atoms with E-state index < -0.39 is 0 Å². The summed E-state index contributed by atoms with van der Waals surface area (Å²) >= 11 is 10.0. The highest BCUT2D eigenvalue weighted by molar-refractivity contribution is 7.79. The largest absolute Gasteiger partial charge is 0.409 e. The smallest absolute Gasteiger partial charge is 0.143 e. The molecule has 0 bridgehead atoms. The molecule has 0 aliphatic carbocycles. The Bertz CT molecular complexity index is 358. The Hall–Kier alpha value is -0.580. The molecule has 15 heavy (non-hydrogen) atoms. The monoisotopic (exact) mass is 266 g/mol. The molecule has 0 atom stereocenters. The molecule has 3 nitrogen and oxygen atoms in total. The highest BCUT2D eigenvalue weighted by atomic mass is 35.5. The minimum Gasteiger partial charge on any atom is -0.409 e. The van der Waals surface area contributed by atoms with Crippen LogP contribution < -0.4 is 5.73 Å². The van der Waals surface area contributed by atoms with Crippen molar-refractivity contribution in [1.82, 2.24) is 0 Å². The molecule has 0 unspecified atom stereocenters. The van der Waals surface area contributed by atoms with Crippen LogP contribution in [0.4, 0.5) is 0 Å². The first-order chi connectivity index (χ1) is 6.67. The van der Waals surface area contributed by atoms with Crippen molar-refractivity contribution in [3.63, 3.8) is 0 Å². The van der Waals surface area contributed by atoms with E-state index in [4.69, 9.17) is 22.5 Å². The van der Waals surface area contributed by atoms with Crippen molar-refractivity contribution in [2.24, 2.45) is 10.9 Å². The van der Waals surface area contributed by atoms with Gasteiger partial charge in [0, 0.05) is 17.2 Å². The van der Waals surface area contributed by atoms with Crippen LogP contribution in [0, 0.1) is 0 Å². The van der Waals surface area contributed by atoms with Gasteiger partial charge in [0.2, 0.25) is 0 Å². The number of amidine groups is 1. The molecule has 1 rings (SSSR count). The third-order valence-electron chi connectivity index (χ3n) is 1.84. The van der Waals surface area contributed by atoms with Crippen molar-refractivity contribution in [2.45, 2.75) is 12.2 Å². The van der Waals surface area contributed by atoms with Gasteiger partial charge in [-0.25, -0.2) is 0 Å². The first-order valence-corrected chi connectivity index (χ1v) is 5.03. The third-order valence-corrected chi connectivity index (χ3v) is 2.41. The molecule has 0 fully saturated rings. The minimum atomic E-state index is 0. The molecule has 0 amide bonds. The fraction of sp³-hybridized carbons (Fsp3) is 0.222. The molecule has 3 N–H and O–H groups in total. The molecule has 84 valence electrons. The van der Waals surface area contributed by atoms with Crippen LogP contribution in [-0.2, 0) is 12.2 Å². The summed E-state index contributed by atoms with van der Waals surface area (Å²) in [5, 5.41) is 12.0. The SMILES string of the molecule is Cl.NC(Cc1cc(Cl)ccc1CS)=NO. The van der Waals surface area contributed by atoms with Gasteiger partial charge in [0.15, 0.2) is 0 Å². The average molecular weight is 267 g/mol. The van der Waals surface area contributed by atoms with E-state index in [0.29, 0.717) is 17.2 Å². The van der Waals surface area contributed by atoms with E-state index in [0.717, 1.165) is 11.1 Å². The van der Waals surface area contributed by atoms with Crippen molar-refractivity contribution in [1.29, 1.82) is 0 Å². The number of hydrogen-bond donors (Lipinski definition) is 3. The number of rotatable bonds is 3. The van der Waals surface area contributed by atoms with E-state index in [2.05, 4.69) is 17.8 Å². The van der Waals surface area contributed by atoms with Crippen LogP contribution in [-0.4, -0.2) is 11.0 Å². The van der Waals surface area contributed by atoms with Gasteiger partial charge >= 0.3 is 0 Å². The average Bonchev–Trinajstić information content (AvgIpc) is 2.18. The second-order valence-corrected chi connectivity index (χ2v) is 3.59. The molecular weight excluding hydrogens is 255 g/mol. The van der Waals surface area contributed by atoms with Gasteiger partial charge in [0.25, 0.3) is 0 Å². The van der Waals surface area contributed by atoms with Crippen LogP contribution in [0.15, 0.2) is 23.4 Å². The molecule has 0 aliphatic heterocycles. The van der Waals surface area contributed by atoms with Crippen LogP contribution >= 0.6 is 36.6 Å². The number of nitrogens with two attached hydrogens (primary N) is 1. The summed E-state index contributed by atoms with van der Waals surface area (Å²) in [4.78, 5) is 0. The van der Waals surface area contributed by atoms with Crippen molar-refractivity contribution in [3.8, 4) is 0 Å². The van der Waals surface area contributed by atoms with E-state index in [1.807, 2.05) is 6.07 Å². The molecule has 0 saturated heterocycles. The van der Waals surface area contributed by atoms with E-state index in [9.17, 15) is 0 Å². The lowest BCUT2D eigenvalue weighted by molar-refractivity contribution is 0.317. The fourth-order valence-corrected chi connectivity index (χ4v) is 1.65. The molecule has 0 spiro atoms. The lowest BCUT2D eigenvalue weighted by atomic mass is 10.1. The molecule has 6 heteroatoms. The molecular formula is C9H12Cl2N2OS. The Morgan fingerprint density at radius 1 is 1.47 bits per heavy atom. The van der Waals surface area contributed by atoms with Gasteiger partial charge in [0.05, 0.1) is 0 Å². The molecule has 0 saturated carbocycles. The maximum absolute atomic E-state index is 8.44. The number of nitrogens with zero attached hydrogens (tertiary/aromatic N) is 1. The summed E-state index contributed by atoms with van der Waals surface area (Å²) in [6.45, 7) is 0. The Labute approximate surface area is 105 Å². The van der Waals surface area contributed by atoms with Crippen LogP contribution in [0.25, 0.3) is 0 Å². The zero-order valence-electron chi connectivity index (χ0n) is 7.85. The van der Waals surface area contributed by atoms with Gasteiger partial charge in [-0.1, -0.05) is 22.8 Å². The van der Waals surface area contributed by atoms with Gasteiger partial charge in [0.1, 0.15) is 5.84 Å². The number of thiol groups is 1. The Morgan fingerprint density at radius 3 is 2.67 bits per heavy atom. The molecule has 0 aromatic heterocycles. The van der Waals surface area contributed by atoms with Crippen LogP contribution in [0.5, 0.6) is 0 Å². The highest BCUT2D eigenvalue weighted by Crippen LogP contribution is 2.18. The normalized spacial score (nSPS) is 10.9.